The van der Waals surface area contributed by atoms with Crippen molar-refractivity contribution in [3.05, 3.63) is 29.5 Å². The number of rotatable bonds is 1. The summed E-state index contributed by atoms with van der Waals surface area (Å²) in [4.78, 5) is 11.0. The first-order chi connectivity index (χ1) is 7.07. The lowest BCUT2D eigenvalue weighted by atomic mass is 10.5. The molecule has 0 N–H and O–H groups in total. The Morgan fingerprint density at radius 3 is 2.33 bits per heavy atom. The minimum absolute atomic E-state index is 0.169. The van der Waals surface area contributed by atoms with Crippen LogP contribution >= 0.6 is 11.3 Å². The first-order valence-electron chi connectivity index (χ1n) is 3.87. The lowest BCUT2D eigenvalue weighted by Crippen LogP contribution is -2.05. The first kappa shape index (κ1) is 10.0. The van der Waals surface area contributed by atoms with E-state index in [1.165, 1.54) is 12.4 Å². The van der Waals surface area contributed by atoms with Crippen molar-refractivity contribution in [2.24, 2.45) is 0 Å². The highest BCUT2D eigenvalue weighted by Gasteiger charge is 2.34. The minimum Gasteiger partial charge on any atom is -0.234 e. The first-order valence-corrected chi connectivity index (χ1v) is 4.75. The average Bonchev–Trinajstić information content (AvgIpc) is 2.67. The van der Waals surface area contributed by atoms with E-state index >= 15 is 0 Å². The van der Waals surface area contributed by atoms with Crippen LogP contribution in [-0.4, -0.2) is 15.0 Å². The molecule has 2 heterocycles. The van der Waals surface area contributed by atoms with Crippen LogP contribution < -0.4 is 0 Å². The summed E-state index contributed by atoms with van der Waals surface area (Å²) >= 11 is 0.873. The second-order valence-electron chi connectivity index (χ2n) is 2.61. The van der Waals surface area contributed by atoms with Crippen molar-refractivity contribution in [1.29, 1.82) is 0 Å². The summed E-state index contributed by atoms with van der Waals surface area (Å²) < 4.78 is 36.7. The number of aromatic nitrogens is 3. The summed E-state index contributed by atoms with van der Waals surface area (Å²) in [7, 11) is 0. The van der Waals surface area contributed by atoms with Crippen LogP contribution in [0.4, 0.5) is 13.2 Å². The number of hydrogen-bond donors (Lipinski definition) is 0. The molecule has 0 aromatic carbocycles. The van der Waals surface area contributed by atoms with Gasteiger partial charge >= 0.3 is 6.18 Å². The van der Waals surface area contributed by atoms with Crippen LogP contribution in [0.2, 0.25) is 0 Å². The number of hydrogen-bond acceptors (Lipinski definition) is 4. The molecule has 2 rings (SSSR count). The molecule has 0 aliphatic heterocycles. The van der Waals surface area contributed by atoms with Gasteiger partial charge in [0.1, 0.15) is 0 Å². The van der Waals surface area contributed by atoms with E-state index in [2.05, 4.69) is 15.0 Å². The third kappa shape index (κ3) is 2.12. The molecule has 0 aliphatic carbocycles. The second-order valence-corrected chi connectivity index (χ2v) is 3.47. The zero-order valence-electron chi connectivity index (χ0n) is 7.19. The SMILES string of the molecule is FC(F)(F)c1csc(-c2ncccn2)n1. The van der Waals surface area contributed by atoms with E-state index < -0.39 is 11.9 Å². The van der Waals surface area contributed by atoms with Gasteiger partial charge in [0.2, 0.25) is 0 Å². The monoisotopic (exact) mass is 231 g/mol. The Kier molecular flexibility index (Phi) is 2.39. The smallest absolute Gasteiger partial charge is 0.234 e. The minimum atomic E-state index is -4.41. The summed E-state index contributed by atoms with van der Waals surface area (Å²) in [5.41, 5.74) is -0.907. The van der Waals surface area contributed by atoms with Crippen molar-refractivity contribution in [3.63, 3.8) is 0 Å². The van der Waals surface area contributed by atoms with Crippen molar-refractivity contribution < 1.29 is 13.2 Å². The zero-order valence-corrected chi connectivity index (χ0v) is 8.01. The third-order valence-corrected chi connectivity index (χ3v) is 2.39. The van der Waals surface area contributed by atoms with E-state index in [1.807, 2.05) is 0 Å². The molecule has 2 aromatic heterocycles. The molecule has 0 fully saturated rings. The normalized spacial score (nSPS) is 11.7. The van der Waals surface area contributed by atoms with Crippen LogP contribution in [-0.2, 0) is 6.18 Å². The number of halogens is 3. The van der Waals surface area contributed by atoms with Crippen molar-refractivity contribution in [2.75, 3.05) is 0 Å². The molecule has 0 spiro atoms. The van der Waals surface area contributed by atoms with Gasteiger partial charge in [-0.3, -0.25) is 0 Å². The highest BCUT2D eigenvalue weighted by molar-refractivity contribution is 7.13. The van der Waals surface area contributed by atoms with Gasteiger partial charge in [-0.15, -0.1) is 11.3 Å². The van der Waals surface area contributed by atoms with Crippen LogP contribution in [0.5, 0.6) is 0 Å². The standard InChI is InChI=1S/C8H4F3N3S/c9-8(10,11)5-4-15-7(14-5)6-12-2-1-3-13-6/h1-4H. The largest absolute Gasteiger partial charge is 0.434 e. The summed E-state index contributed by atoms with van der Waals surface area (Å²) in [6.45, 7) is 0. The summed E-state index contributed by atoms with van der Waals surface area (Å²) in [6, 6.07) is 1.59. The highest BCUT2D eigenvalue weighted by Crippen LogP contribution is 2.32. The number of thiazole rings is 1. The van der Waals surface area contributed by atoms with Crippen molar-refractivity contribution in [3.8, 4) is 10.8 Å². The molecule has 0 radical (unpaired) electrons. The predicted molar refractivity (Wildman–Crippen MR) is 48.1 cm³/mol. The molecule has 0 saturated heterocycles. The van der Waals surface area contributed by atoms with Crippen LogP contribution in [0.15, 0.2) is 23.8 Å². The Morgan fingerprint density at radius 1 is 1.13 bits per heavy atom. The van der Waals surface area contributed by atoms with Crippen molar-refractivity contribution in [1.82, 2.24) is 15.0 Å². The molecule has 0 amide bonds. The summed E-state index contributed by atoms with van der Waals surface area (Å²) in [5.74, 6) is 0.206. The quantitative estimate of drug-likeness (QED) is 0.757. The molecule has 15 heavy (non-hydrogen) atoms. The maximum Gasteiger partial charge on any atom is 0.434 e. The van der Waals surface area contributed by atoms with Crippen LogP contribution in [0.1, 0.15) is 5.69 Å². The van der Waals surface area contributed by atoms with Gasteiger partial charge < -0.3 is 0 Å². The fourth-order valence-electron chi connectivity index (χ4n) is 0.916. The van der Waals surface area contributed by atoms with Gasteiger partial charge in [0.15, 0.2) is 16.5 Å². The van der Waals surface area contributed by atoms with Gasteiger partial charge in [-0.25, -0.2) is 15.0 Å². The summed E-state index contributed by atoms with van der Waals surface area (Å²) in [6.07, 6.45) is -1.50. The molecule has 78 valence electrons. The summed E-state index contributed by atoms with van der Waals surface area (Å²) in [5, 5.41) is 1.12. The Hall–Kier alpha value is -1.50. The lowest BCUT2D eigenvalue weighted by molar-refractivity contribution is -0.140. The van der Waals surface area contributed by atoms with Crippen molar-refractivity contribution in [2.45, 2.75) is 6.18 Å². The van der Waals surface area contributed by atoms with E-state index in [-0.39, 0.29) is 10.8 Å². The Morgan fingerprint density at radius 2 is 1.80 bits per heavy atom. The molecule has 0 bridgehead atoms. The molecule has 0 aliphatic rings. The molecule has 2 aromatic rings. The Bertz CT molecular complexity index is 452. The second kappa shape index (κ2) is 3.58. The van der Waals surface area contributed by atoms with E-state index in [9.17, 15) is 13.2 Å². The molecular weight excluding hydrogens is 227 g/mol. The van der Waals surface area contributed by atoms with E-state index in [1.54, 1.807) is 6.07 Å². The fourth-order valence-corrected chi connectivity index (χ4v) is 1.69. The topological polar surface area (TPSA) is 38.7 Å². The molecule has 7 heteroatoms. The number of alkyl halides is 3. The maximum atomic E-state index is 12.2. The zero-order chi connectivity index (χ0) is 10.9. The molecular formula is C8H4F3N3S. The molecule has 0 atom stereocenters. The van der Waals surface area contributed by atoms with Gasteiger partial charge in [-0.1, -0.05) is 0 Å². The van der Waals surface area contributed by atoms with Gasteiger partial charge in [-0.05, 0) is 6.07 Å². The molecule has 3 nitrogen and oxygen atoms in total. The van der Waals surface area contributed by atoms with Crippen molar-refractivity contribution >= 4 is 11.3 Å². The average molecular weight is 231 g/mol. The van der Waals surface area contributed by atoms with Crippen LogP contribution in [0.25, 0.3) is 10.8 Å². The molecule has 0 unspecified atom stereocenters. The maximum absolute atomic E-state index is 12.2. The number of nitrogens with zero attached hydrogens (tertiary/aromatic N) is 3. The third-order valence-electron chi connectivity index (χ3n) is 1.55. The van der Waals surface area contributed by atoms with E-state index in [0.29, 0.717) is 0 Å². The van der Waals surface area contributed by atoms with Gasteiger partial charge in [-0.2, -0.15) is 13.2 Å². The van der Waals surface area contributed by atoms with E-state index in [4.69, 9.17) is 0 Å². The van der Waals surface area contributed by atoms with Crippen LogP contribution in [0.3, 0.4) is 0 Å². The Labute approximate surface area is 86.6 Å². The van der Waals surface area contributed by atoms with Gasteiger partial charge in [0, 0.05) is 17.8 Å². The van der Waals surface area contributed by atoms with Gasteiger partial charge in [0.25, 0.3) is 0 Å². The highest BCUT2D eigenvalue weighted by atomic mass is 32.1. The molecule has 0 saturated carbocycles. The lowest BCUT2D eigenvalue weighted by Gasteiger charge is -1.99. The van der Waals surface area contributed by atoms with Gasteiger partial charge in [0.05, 0.1) is 0 Å². The Balaban J connectivity index is 2.37. The van der Waals surface area contributed by atoms with Crippen LogP contribution in [0, 0.1) is 0 Å². The van der Waals surface area contributed by atoms with E-state index in [0.717, 1.165) is 16.7 Å². The predicted octanol–water partition coefficient (Wildman–Crippen LogP) is 2.62. The fraction of sp³-hybridized carbons (Fsp3) is 0.125.